The molecule has 1 aromatic heterocycles. The Kier molecular flexibility index (Phi) is 2.71. The van der Waals surface area contributed by atoms with Crippen molar-refractivity contribution in [3.05, 3.63) is 41.3 Å². The first-order valence-corrected chi connectivity index (χ1v) is 5.34. The Bertz CT molecular complexity index is 568. The molecule has 17 heavy (non-hydrogen) atoms. The molecule has 0 spiro atoms. The van der Waals surface area contributed by atoms with Crippen LogP contribution in [-0.4, -0.2) is 20.6 Å². The molecule has 4 heteroatoms. The first-order valence-electron chi connectivity index (χ1n) is 5.34. The number of aromatic nitrogens is 2. The highest BCUT2D eigenvalue weighted by Crippen LogP contribution is 2.23. The SMILES string of the molecule is Cc1ccc(-c2nc(C(=O)O)n(C)c2C)cc1. The Morgan fingerprint density at radius 1 is 1.24 bits per heavy atom. The van der Waals surface area contributed by atoms with E-state index in [4.69, 9.17) is 5.11 Å². The molecule has 0 radical (unpaired) electrons. The summed E-state index contributed by atoms with van der Waals surface area (Å²) < 4.78 is 1.59. The molecule has 0 saturated carbocycles. The molecule has 2 rings (SSSR count). The Balaban J connectivity index is 2.56. The van der Waals surface area contributed by atoms with Crippen molar-refractivity contribution < 1.29 is 9.90 Å². The van der Waals surface area contributed by atoms with E-state index in [-0.39, 0.29) is 5.82 Å². The van der Waals surface area contributed by atoms with Crippen LogP contribution in [0.5, 0.6) is 0 Å². The smallest absolute Gasteiger partial charge is 0.372 e. The van der Waals surface area contributed by atoms with Crippen molar-refractivity contribution in [1.29, 1.82) is 0 Å². The van der Waals surface area contributed by atoms with E-state index in [0.717, 1.165) is 17.0 Å². The van der Waals surface area contributed by atoms with Crippen LogP contribution in [0.25, 0.3) is 11.3 Å². The lowest BCUT2D eigenvalue weighted by molar-refractivity contribution is 0.0679. The minimum atomic E-state index is -1.01. The fourth-order valence-electron chi connectivity index (χ4n) is 1.76. The predicted octanol–water partition coefficient (Wildman–Crippen LogP) is 2.40. The van der Waals surface area contributed by atoms with Gasteiger partial charge >= 0.3 is 5.97 Å². The summed E-state index contributed by atoms with van der Waals surface area (Å²) in [5, 5.41) is 9.01. The molecule has 0 bridgehead atoms. The third-order valence-electron chi connectivity index (χ3n) is 2.90. The van der Waals surface area contributed by atoms with Gasteiger partial charge in [0.25, 0.3) is 0 Å². The number of carboxylic acids is 1. The van der Waals surface area contributed by atoms with Crippen molar-refractivity contribution in [1.82, 2.24) is 9.55 Å². The Morgan fingerprint density at radius 2 is 1.82 bits per heavy atom. The molecule has 2 aromatic rings. The zero-order valence-electron chi connectivity index (χ0n) is 10.1. The van der Waals surface area contributed by atoms with Gasteiger partial charge in [-0.05, 0) is 13.8 Å². The largest absolute Gasteiger partial charge is 0.475 e. The lowest BCUT2D eigenvalue weighted by Gasteiger charge is -2.00. The molecule has 0 aliphatic rings. The fraction of sp³-hybridized carbons (Fsp3) is 0.231. The van der Waals surface area contributed by atoms with E-state index in [9.17, 15) is 4.79 Å². The molecule has 0 atom stereocenters. The number of nitrogens with zero attached hydrogens (tertiary/aromatic N) is 2. The number of aromatic carboxylic acids is 1. The summed E-state index contributed by atoms with van der Waals surface area (Å²) in [6.45, 7) is 3.88. The molecule has 1 heterocycles. The topological polar surface area (TPSA) is 55.1 Å². The molecule has 4 nitrogen and oxygen atoms in total. The maximum absolute atomic E-state index is 11.0. The minimum Gasteiger partial charge on any atom is -0.475 e. The first kappa shape index (κ1) is 11.4. The Hall–Kier alpha value is -2.10. The molecule has 0 aliphatic carbocycles. The lowest BCUT2D eigenvalue weighted by Crippen LogP contribution is -2.06. The van der Waals surface area contributed by atoms with Gasteiger partial charge in [0.1, 0.15) is 0 Å². The van der Waals surface area contributed by atoms with Crippen molar-refractivity contribution >= 4 is 5.97 Å². The van der Waals surface area contributed by atoms with Crippen LogP contribution in [0.4, 0.5) is 0 Å². The van der Waals surface area contributed by atoms with Crippen LogP contribution < -0.4 is 0 Å². The second-order valence-electron chi connectivity index (χ2n) is 4.10. The van der Waals surface area contributed by atoms with Crippen LogP contribution in [-0.2, 0) is 7.05 Å². The number of carbonyl (C=O) groups is 1. The highest BCUT2D eigenvalue weighted by Gasteiger charge is 2.17. The van der Waals surface area contributed by atoms with Gasteiger partial charge in [-0.25, -0.2) is 9.78 Å². The van der Waals surface area contributed by atoms with Crippen LogP contribution >= 0.6 is 0 Å². The van der Waals surface area contributed by atoms with E-state index in [1.165, 1.54) is 5.56 Å². The number of carboxylic acid groups (broad SMARTS) is 1. The van der Waals surface area contributed by atoms with Crippen molar-refractivity contribution in [3.8, 4) is 11.3 Å². The summed E-state index contributed by atoms with van der Waals surface area (Å²) >= 11 is 0. The van der Waals surface area contributed by atoms with Gasteiger partial charge in [0.15, 0.2) is 0 Å². The molecular formula is C13H14N2O2. The number of rotatable bonds is 2. The van der Waals surface area contributed by atoms with E-state index in [1.54, 1.807) is 11.6 Å². The molecule has 0 aliphatic heterocycles. The van der Waals surface area contributed by atoms with Crippen LogP contribution in [0.15, 0.2) is 24.3 Å². The molecular weight excluding hydrogens is 216 g/mol. The third kappa shape index (κ3) is 1.93. The van der Waals surface area contributed by atoms with Crippen LogP contribution in [0.1, 0.15) is 21.9 Å². The van der Waals surface area contributed by atoms with Crippen molar-refractivity contribution in [2.45, 2.75) is 13.8 Å². The second-order valence-corrected chi connectivity index (χ2v) is 4.10. The maximum atomic E-state index is 11.0. The van der Waals surface area contributed by atoms with Crippen LogP contribution in [0, 0.1) is 13.8 Å². The summed E-state index contributed by atoms with van der Waals surface area (Å²) in [6.07, 6.45) is 0. The maximum Gasteiger partial charge on any atom is 0.372 e. The van der Waals surface area contributed by atoms with Gasteiger partial charge < -0.3 is 9.67 Å². The van der Waals surface area contributed by atoms with Gasteiger partial charge in [-0.2, -0.15) is 0 Å². The van der Waals surface area contributed by atoms with Gasteiger partial charge in [-0.3, -0.25) is 0 Å². The summed E-state index contributed by atoms with van der Waals surface area (Å²) in [4.78, 5) is 15.2. The van der Waals surface area contributed by atoms with Gasteiger partial charge in [-0.15, -0.1) is 0 Å². The predicted molar refractivity (Wildman–Crippen MR) is 65.1 cm³/mol. The van der Waals surface area contributed by atoms with Gasteiger partial charge in [0, 0.05) is 18.3 Å². The Morgan fingerprint density at radius 3 is 2.29 bits per heavy atom. The highest BCUT2D eigenvalue weighted by atomic mass is 16.4. The van der Waals surface area contributed by atoms with Gasteiger partial charge in [0.05, 0.1) is 5.69 Å². The number of aryl methyl sites for hydroxylation is 1. The van der Waals surface area contributed by atoms with Gasteiger partial charge in [0.2, 0.25) is 5.82 Å². The highest BCUT2D eigenvalue weighted by molar-refractivity contribution is 5.85. The summed E-state index contributed by atoms with van der Waals surface area (Å²) in [6, 6.07) is 7.89. The molecule has 1 N–H and O–H groups in total. The molecule has 88 valence electrons. The Labute approximate surface area is 99.5 Å². The molecule has 1 aromatic carbocycles. The van der Waals surface area contributed by atoms with Crippen molar-refractivity contribution in [2.75, 3.05) is 0 Å². The van der Waals surface area contributed by atoms with E-state index < -0.39 is 5.97 Å². The summed E-state index contributed by atoms with van der Waals surface area (Å²) in [5.74, 6) is -0.938. The van der Waals surface area contributed by atoms with E-state index in [2.05, 4.69) is 4.98 Å². The second kappa shape index (κ2) is 4.05. The standard InChI is InChI=1S/C13H14N2O2/c1-8-4-6-10(7-5-8)11-9(2)15(3)12(14-11)13(16)17/h4-7H,1-3H3,(H,16,17). The normalized spacial score (nSPS) is 10.5. The number of hydrogen-bond acceptors (Lipinski definition) is 2. The van der Waals surface area contributed by atoms with E-state index in [0.29, 0.717) is 0 Å². The molecule has 0 amide bonds. The lowest BCUT2D eigenvalue weighted by atomic mass is 10.1. The quantitative estimate of drug-likeness (QED) is 0.861. The number of hydrogen-bond donors (Lipinski definition) is 1. The zero-order chi connectivity index (χ0) is 12.6. The van der Waals surface area contributed by atoms with Crippen LogP contribution in [0.3, 0.4) is 0 Å². The van der Waals surface area contributed by atoms with Crippen molar-refractivity contribution in [2.24, 2.45) is 7.05 Å². The molecule has 0 fully saturated rings. The van der Waals surface area contributed by atoms with Gasteiger partial charge in [-0.1, -0.05) is 29.8 Å². The zero-order valence-corrected chi connectivity index (χ0v) is 10.1. The monoisotopic (exact) mass is 230 g/mol. The summed E-state index contributed by atoms with van der Waals surface area (Å²) in [5.41, 5.74) is 3.69. The number of benzene rings is 1. The third-order valence-corrected chi connectivity index (χ3v) is 2.90. The molecule has 0 saturated heterocycles. The van der Waals surface area contributed by atoms with E-state index in [1.807, 2.05) is 38.1 Å². The average molecular weight is 230 g/mol. The first-order chi connectivity index (χ1) is 8.00. The van der Waals surface area contributed by atoms with Crippen LogP contribution in [0.2, 0.25) is 0 Å². The number of imidazole rings is 1. The van der Waals surface area contributed by atoms with Crippen molar-refractivity contribution in [3.63, 3.8) is 0 Å². The fourth-order valence-corrected chi connectivity index (χ4v) is 1.76. The summed E-state index contributed by atoms with van der Waals surface area (Å²) in [7, 11) is 1.71. The molecule has 0 unspecified atom stereocenters. The van der Waals surface area contributed by atoms with E-state index >= 15 is 0 Å². The minimum absolute atomic E-state index is 0.0677. The average Bonchev–Trinajstić information content (AvgIpc) is 2.58.